The maximum Gasteiger partial charge on any atom is 0.355 e. The molecule has 39 heavy (non-hydrogen) atoms. The second kappa shape index (κ2) is 12.3. The number of hydrogen-bond donors (Lipinski definition) is 1. The lowest BCUT2D eigenvalue weighted by atomic mass is 9.81. The van der Waals surface area contributed by atoms with Gasteiger partial charge in [0.1, 0.15) is 36.2 Å². The highest BCUT2D eigenvalue weighted by Crippen LogP contribution is 2.43. The van der Waals surface area contributed by atoms with E-state index in [2.05, 4.69) is 6.07 Å². The minimum Gasteiger partial charge on any atom is -0.490 e. The van der Waals surface area contributed by atoms with Gasteiger partial charge >= 0.3 is 11.9 Å². The molecule has 1 unspecified atom stereocenters. The molecule has 198 valence electrons. The fourth-order valence-electron chi connectivity index (χ4n) is 4.31. The molecular weight excluding hydrogens is 498 g/mol. The van der Waals surface area contributed by atoms with Crippen molar-refractivity contribution in [3.05, 3.63) is 113 Å². The van der Waals surface area contributed by atoms with E-state index in [0.717, 1.165) is 5.75 Å². The molecule has 0 saturated carbocycles. The van der Waals surface area contributed by atoms with Crippen molar-refractivity contribution in [3.8, 4) is 17.6 Å². The first-order chi connectivity index (χ1) is 19.0. The number of esters is 2. The summed E-state index contributed by atoms with van der Waals surface area (Å²) in [5, 5.41) is 10.1. The highest BCUT2D eigenvalue weighted by molar-refractivity contribution is 6.06. The average Bonchev–Trinajstić information content (AvgIpc) is 2.99. The SMILES string of the molecule is COC(=O)C1=C(C(=O)OC)N(c2ccc(OCCOc3ccccc3)cc2)C(N)=C(C#N)C1c1ccccc1. The van der Waals surface area contributed by atoms with Gasteiger partial charge in [0.25, 0.3) is 0 Å². The number of rotatable bonds is 9. The van der Waals surface area contributed by atoms with Gasteiger partial charge in [-0.3, -0.25) is 4.90 Å². The van der Waals surface area contributed by atoms with Gasteiger partial charge < -0.3 is 24.7 Å². The standard InChI is InChI=1S/C30H27N3O6/c1-36-29(34)26-25(20-9-5-3-6-10-20)24(19-31)28(32)33(27(26)30(35)37-2)21-13-15-23(16-14-21)39-18-17-38-22-11-7-4-8-12-22/h3-16,25H,17-18,32H2,1-2H3. The lowest BCUT2D eigenvalue weighted by Crippen LogP contribution is -2.40. The van der Waals surface area contributed by atoms with Gasteiger partial charge in [0, 0.05) is 5.69 Å². The number of hydrogen-bond acceptors (Lipinski definition) is 9. The van der Waals surface area contributed by atoms with Gasteiger partial charge in [0.15, 0.2) is 0 Å². The van der Waals surface area contributed by atoms with Gasteiger partial charge in [-0.2, -0.15) is 5.26 Å². The van der Waals surface area contributed by atoms with Crippen LogP contribution < -0.4 is 20.1 Å². The van der Waals surface area contributed by atoms with Gasteiger partial charge in [0.2, 0.25) is 0 Å². The molecule has 3 aromatic carbocycles. The first-order valence-corrected chi connectivity index (χ1v) is 12.1. The number of ether oxygens (including phenoxy) is 4. The molecule has 0 radical (unpaired) electrons. The highest BCUT2D eigenvalue weighted by atomic mass is 16.5. The number of nitrogens with zero attached hydrogens (tertiary/aromatic N) is 2. The molecule has 1 atom stereocenters. The van der Waals surface area contributed by atoms with Crippen molar-refractivity contribution >= 4 is 17.6 Å². The summed E-state index contributed by atoms with van der Waals surface area (Å²) < 4.78 is 21.5. The van der Waals surface area contributed by atoms with Crippen molar-refractivity contribution in [2.75, 3.05) is 32.3 Å². The zero-order valence-electron chi connectivity index (χ0n) is 21.5. The van der Waals surface area contributed by atoms with Crippen molar-refractivity contribution in [2.45, 2.75) is 5.92 Å². The van der Waals surface area contributed by atoms with E-state index >= 15 is 0 Å². The summed E-state index contributed by atoms with van der Waals surface area (Å²) >= 11 is 0. The van der Waals surface area contributed by atoms with Crippen molar-refractivity contribution in [1.82, 2.24) is 0 Å². The van der Waals surface area contributed by atoms with Crippen molar-refractivity contribution < 1.29 is 28.5 Å². The summed E-state index contributed by atoms with van der Waals surface area (Å²) in [5.41, 5.74) is 7.42. The summed E-state index contributed by atoms with van der Waals surface area (Å²) in [6, 6.07) is 27.1. The Morgan fingerprint density at radius 2 is 1.36 bits per heavy atom. The van der Waals surface area contributed by atoms with Crippen LogP contribution in [0.2, 0.25) is 0 Å². The summed E-state index contributed by atoms with van der Waals surface area (Å²) in [6.45, 7) is 0.648. The van der Waals surface area contributed by atoms with E-state index in [4.69, 9.17) is 24.7 Å². The Kier molecular flexibility index (Phi) is 8.49. The molecule has 0 spiro atoms. The average molecular weight is 526 g/mol. The van der Waals surface area contributed by atoms with E-state index in [0.29, 0.717) is 30.2 Å². The molecule has 9 heteroatoms. The summed E-state index contributed by atoms with van der Waals surface area (Å²) in [6.07, 6.45) is 0. The molecule has 0 amide bonds. The third-order valence-electron chi connectivity index (χ3n) is 6.07. The minimum absolute atomic E-state index is 0.00987. The molecule has 0 saturated heterocycles. The van der Waals surface area contributed by atoms with E-state index in [-0.39, 0.29) is 22.7 Å². The molecule has 2 N–H and O–H groups in total. The van der Waals surface area contributed by atoms with E-state index in [1.54, 1.807) is 54.6 Å². The Hall–Kier alpha value is -5.23. The van der Waals surface area contributed by atoms with Crippen LogP contribution in [0.5, 0.6) is 11.5 Å². The van der Waals surface area contributed by atoms with Gasteiger partial charge in [-0.25, -0.2) is 9.59 Å². The molecule has 9 nitrogen and oxygen atoms in total. The fourth-order valence-corrected chi connectivity index (χ4v) is 4.31. The first kappa shape index (κ1) is 26.8. The van der Waals surface area contributed by atoms with Crippen LogP contribution in [0.3, 0.4) is 0 Å². The smallest absolute Gasteiger partial charge is 0.355 e. The van der Waals surface area contributed by atoms with Crippen LogP contribution in [0.15, 0.2) is 108 Å². The largest absolute Gasteiger partial charge is 0.490 e. The number of para-hydroxylation sites is 1. The molecule has 0 aromatic heterocycles. The molecule has 4 rings (SSSR count). The number of carbonyl (C=O) groups is 2. The summed E-state index contributed by atoms with van der Waals surface area (Å²) in [5.74, 6) is -1.24. The van der Waals surface area contributed by atoms with Gasteiger partial charge in [-0.15, -0.1) is 0 Å². The van der Waals surface area contributed by atoms with Gasteiger partial charge in [0.05, 0.1) is 37.4 Å². The van der Waals surface area contributed by atoms with E-state index in [9.17, 15) is 14.9 Å². The van der Waals surface area contributed by atoms with Crippen LogP contribution in [0.25, 0.3) is 0 Å². The van der Waals surface area contributed by atoms with E-state index in [1.807, 2.05) is 30.3 Å². The zero-order valence-corrected chi connectivity index (χ0v) is 21.5. The summed E-state index contributed by atoms with van der Waals surface area (Å²) in [4.78, 5) is 27.6. The van der Waals surface area contributed by atoms with Gasteiger partial charge in [-0.1, -0.05) is 48.5 Å². The van der Waals surface area contributed by atoms with Crippen LogP contribution in [0, 0.1) is 11.3 Å². The fraction of sp³-hybridized carbons (Fsp3) is 0.167. The zero-order chi connectivity index (χ0) is 27.8. The lowest BCUT2D eigenvalue weighted by molar-refractivity contribution is -0.139. The predicted molar refractivity (Wildman–Crippen MR) is 143 cm³/mol. The Morgan fingerprint density at radius 3 is 1.90 bits per heavy atom. The Morgan fingerprint density at radius 1 is 0.821 bits per heavy atom. The van der Waals surface area contributed by atoms with E-state index in [1.165, 1.54) is 19.1 Å². The van der Waals surface area contributed by atoms with Crippen molar-refractivity contribution in [3.63, 3.8) is 0 Å². The second-order valence-electron chi connectivity index (χ2n) is 8.34. The third-order valence-corrected chi connectivity index (χ3v) is 6.07. The normalized spacial score (nSPS) is 14.9. The topological polar surface area (TPSA) is 124 Å². The van der Waals surface area contributed by atoms with Crippen LogP contribution >= 0.6 is 0 Å². The van der Waals surface area contributed by atoms with Crippen LogP contribution in [-0.2, 0) is 19.1 Å². The molecular formula is C30H27N3O6. The number of nitriles is 1. The van der Waals surface area contributed by atoms with Crippen molar-refractivity contribution in [2.24, 2.45) is 5.73 Å². The first-order valence-electron chi connectivity index (χ1n) is 12.1. The molecule has 1 aliphatic rings. The van der Waals surface area contributed by atoms with Crippen LogP contribution in [-0.4, -0.2) is 39.4 Å². The van der Waals surface area contributed by atoms with Crippen LogP contribution in [0.4, 0.5) is 5.69 Å². The molecule has 0 aliphatic carbocycles. The van der Waals surface area contributed by atoms with Crippen molar-refractivity contribution in [1.29, 1.82) is 5.26 Å². The van der Waals surface area contributed by atoms with Crippen LogP contribution in [0.1, 0.15) is 11.5 Å². The number of methoxy groups -OCH3 is 2. The number of carbonyl (C=O) groups excluding carboxylic acids is 2. The highest BCUT2D eigenvalue weighted by Gasteiger charge is 2.42. The van der Waals surface area contributed by atoms with Gasteiger partial charge in [-0.05, 0) is 42.0 Å². The molecule has 1 heterocycles. The third kappa shape index (κ3) is 5.70. The maximum atomic E-state index is 13.1. The Bertz CT molecular complexity index is 1430. The quantitative estimate of drug-likeness (QED) is 0.325. The molecule has 1 aliphatic heterocycles. The Balaban J connectivity index is 1.68. The molecule has 0 fully saturated rings. The van der Waals surface area contributed by atoms with E-state index < -0.39 is 17.9 Å². The molecule has 3 aromatic rings. The number of nitrogens with two attached hydrogens (primary N) is 1. The second-order valence-corrected chi connectivity index (χ2v) is 8.34. The predicted octanol–water partition coefficient (Wildman–Crippen LogP) is 4.04. The number of allylic oxidation sites excluding steroid dienone is 1. The monoisotopic (exact) mass is 525 g/mol. The molecule has 0 bridgehead atoms. The Labute approximate surface area is 226 Å². The lowest BCUT2D eigenvalue weighted by Gasteiger charge is -2.35. The minimum atomic E-state index is -0.929. The number of benzene rings is 3. The number of anilines is 1. The summed E-state index contributed by atoms with van der Waals surface area (Å²) in [7, 11) is 2.41. The maximum absolute atomic E-state index is 13.1.